The van der Waals surface area contributed by atoms with Gasteiger partial charge in [0.15, 0.2) is 0 Å². The molecule has 100 valence electrons. The van der Waals surface area contributed by atoms with Gasteiger partial charge in [0, 0.05) is 38.5 Å². The molecule has 2 rings (SSSR count). The number of hydrogen-bond donors (Lipinski definition) is 1. The van der Waals surface area contributed by atoms with E-state index in [0.29, 0.717) is 18.9 Å². The molecule has 0 bridgehead atoms. The quantitative estimate of drug-likeness (QED) is 0.866. The van der Waals surface area contributed by atoms with Crippen LogP contribution in [-0.4, -0.2) is 22.0 Å². The molecule has 18 heavy (non-hydrogen) atoms. The van der Waals surface area contributed by atoms with E-state index < -0.39 is 0 Å². The number of carbonyl (C=O) groups is 1. The van der Waals surface area contributed by atoms with E-state index in [1.165, 1.54) is 18.7 Å². The minimum Gasteiger partial charge on any atom is -0.356 e. The first-order valence-corrected chi connectivity index (χ1v) is 6.97. The standard InChI is InChI=1S/C14H23N3O/c1-11(2)9-14(18)15-7-6-12-10-17-8-4-3-5-13(17)16-12/h10-11H,3-9H2,1-2H3,(H,15,18). The highest BCUT2D eigenvalue weighted by Crippen LogP contribution is 2.14. The molecule has 0 saturated carbocycles. The second-order valence-corrected chi connectivity index (χ2v) is 5.50. The van der Waals surface area contributed by atoms with Crippen molar-refractivity contribution in [3.8, 4) is 0 Å². The predicted octanol–water partition coefficient (Wildman–Crippen LogP) is 1.92. The molecule has 1 N–H and O–H groups in total. The van der Waals surface area contributed by atoms with Crippen molar-refractivity contribution in [1.82, 2.24) is 14.9 Å². The van der Waals surface area contributed by atoms with Gasteiger partial charge < -0.3 is 9.88 Å². The van der Waals surface area contributed by atoms with Crippen LogP contribution in [0.3, 0.4) is 0 Å². The highest BCUT2D eigenvalue weighted by atomic mass is 16.1. The van der Waals surface area contributed by atoms with Crippen molar-refractivity contribution in [3.05, 3.63) is 17.7 Å². The second kappa shape index (κ2) is 6.03. The molecule has 0 fully saturated rings. The molecule has 0 atom stereocenters. The maximum absolute atomic E-state index is 11.5. The normalized spacial score (nSPS) is 14.6. The highest BCUT2D eigenvalue weighted by molar-refractivity contribution is 5.76. The molecule has 1 aromatic rings. The van der Waals surface area contributed by atoms with Gasteiger partial charge in [0.1, 0.15) is 5.82 Å². The molecule has 4 heteroatoms. The maximum Gasteiger partial charge on any atom is 0.220 e. The smallest absolute Gasteiger partial charge is 0.220 e. The number of nitrogens with one attached hydrogen (secondary N) is 1. The van der Waals surface area contributed by atoms with Gasteiger partial charge in [-0.15, -0.1) is 0 Å². The number of rotatable bonds is 5. The molecule has 1 aliphatic rings. The van der Waals surface area contributed by atoms with Gasteiger partial charge in [0.25, 0.3) is 0 Å². The first-order chi connectivity index (χ1) is 8.65. The lowest BCUT2D eigenvalue weighted by atomic mass is 10.1. The zero-order chi connectivity index (χ0) is 13.0. The molecule has 0 saturated heterocycles. The zero-order valence-corrected chi connectivity index (χ0v) is 11.4. The van der Waals surface area contributed by atoms with Crippen molar-refractivity contribution in [2.75, 3.05) is 6.54 Å². The summed E-state index contributed by atoms with van der Waals surface area (Å²) in [6.07, 6.45) is 7.20. The Morgan fingerprint density at radius 1 is 1.50 bits per heavy atom. The Morgan fingerprint density at radius 3 is 3.06 bits per heavy atom. The van der Waals surface area contributed by atoms with Crippen LogP contribution >= 0.6 is 0 Å². The summed E-state index contributed by atoms with van der Waals surface area (Å²) < 4.78 is 2.26. The van der Waals surface area contributed by atoms with E-state index in [2.05, 4.69) is 34.9 Å². The van der Waals surface area contributed by atoms with Crippen molar-refractivity contribution < 1.29 is 4.79 Å². The Hall–Kier alpha value is -1.32. The van der Waals surface area contributed by atoms with Crippen molar-refractivity contribution >= 4 is 5.91 Å². The van der Waals surface area contributed by atoms with E-state index in [-0.39, 0.29) is 5.91 Å². The third-order valence-electron chi connectivity index (χ3n) is 3.26. The molecular formula is C14H23N3O. The Labute approximate surface area is 109 Å². The molecule has 0 radical (unpaired) electrons. The number of hydrogen-bond acceptors (Lipinski definition) is 2. The van der Waals surface area contributed by atoms with Crippen LogP contribution < -0.4 is 5.32 Å². The lowest BCUT2D eigenvalue weighted by molar-refractivity contribution is -0.121. The van der Waals surface area contributed by atoms with Crippen LogP contribution in [0, 0.1) is 5.92 Å². The van der Waals surface area contributed by atoms with Crippen LogP contribution in [0.1, 0.15) is 44.6 Å². The summed E-state index contributed by atoms with van der Waals surface area (Å²) in [5.74, 6) is 1.78. The molecule has 0 unspecified atom stereocenters. The molecule has 0 aliphatic carbocycles. The van der Waals surface area contributed by atoms with Gasteiger partial charge in [-0.3, -0.25) is 4.79 Å². The van der Waals surface area contributed by atoms with Crippen molar-refractivity contribution in [3.63, 3.8) is 0 Å². The summed E-state index contributed by atoms with van der Waals surface area (Å²) in [5.41, 5.74) is 1.11. The van der Waals surface area contributed by atoms with Gasteiger partial charge >= 0.3 is 0 Å². The topological polar surface area (TPSA) is 46.9 Å². The van der Waals surface area contributed by atoms with E-state index >= 15 is 0 Å². The fourth-order valence-corrected chi connectivity index (χ4v) is 2.37. The second-order valence-electron chi connectivity index (χ2n) is 5.50. The third-order valence-corrected chi connectivity index (χ3v) is 3.26. The number of fused-ring (bicyclic) bond motifs is 1. The molecule has 2 heterocycles. The molecule has 0 aromatic carbocycles. The van der Waals surface area contributed by atoms with Gasteiger partial charge in [0.2, 0.25) is 5.91 Å². The van der Waals surface area contributed by atoms with E-state index in [1.807, 2.05) is 0 Å². The predicted molar refractivity (Wildman–Crippen MR) is 71.3 cm³/mol. The average molecular weight is 249 g/mol. The lowest BCUT2D eigenvalue weighted by Gasteiger charge is -2.11. The SMILES string of the molecule is CC(C)CC(=O)NCCc1cn2c(n1)CCCC2. The minimum atomic E-state index is 0.147. The molecule has 4 nitrogen and oxygen atoms in total. The van der Waals surface area contributed by atoms with E-state index in [9.17, 15) is 4.79 Å². The van der Waals surface area contributed by atoms with Crippen LogP contribution in [0.25, 0.3) is 0 Å². The van der Waals surface area contributed by atoms with Gasteiger partial charge in [-0.25, -0.2) is 4.98 Å². The van der Waals surface area contributed by atoms with Crippen LogP contribution in [-0.2, 0) is 24.2 Å². The van der Waals surface area contributed by atoms with E-state index in [0.717, 1.165) is 25.1 Å². The van der Waals surface area contributed by atoms with Crippen molar-refractivity contribution in [1.29, 1.82) is 0 Å². The monoisotopic (exact) mass is 249 g/mol. The largest absolute Gasteiger partial charge is 0.356 e. The van der Waals surface area contributed by atoms with E-state index in [4.69, 9.17) is 0 Å². The van der Waals surface area contributed by atoms with Crippen LogP contribution in [0.2, 0.25) is 0 Å². The first-order valence-electron chi connectivity index (χ1n) is 6.97. The number of aromatic nitrogens is 2. The Balaban J connectivity index is 1.76. The summed E-state index contributed by atoms with van der Waals surface area (Å²) in [5, 5.41) is 2.95. The van der Waals surface area contributed by atoms with Gasteiger partial charge in [0.05, 0.1) is 5.69 Å². The first kappa shape index (κ1) is 13.1. The molecule has 1 aromatic heterocycles. The summed E-state index contributed by atoms with van der Waals surface area (Å²) in [6, 6.07) is 0. The van der Waals surface area contributed by atoms with Crippen LogP contribution in [0.15, 0.2) is 6.20 Å². The number of nitrogens with zero attached hydrogens (tertiary/aromatic N) is 2. The molecule has 1 amide bonds. The minimum absolute atomic E-state index is 0.147. The number of amides is 1. The van der Waals surface area contributed by atoms with Crippen molar-refractivity contribution in [2.24, 2.45) is 5.92 Å². The maximum atomic E-state index is 11.5. The van der Waals surface area contributed by atoms with Gasteiger partial charge in [-0.05, 0) is 18.8 Å². The van der Waals surface area contributed by atoms with Gasteiger partial charge in [-0.1, -0.05) is 13.8 Å². The fraction of sp³-hybridized carbons (Fsp3) is 0.714. The van der Waals surface area contributed by atoms with E-state index in [1.54, 1.807) is 0 Å². The Morgan fingerprint density at radius 2 is 2.33 bits per heavy atom. The summed E-state index contributed by atoms with van der Waals surface area (Å²) >= 11 is 0. The average Bonchev–Trinajstić information content (AvgIpc) is 2.70. The fourth-order valence-electron chi connectivity index (χ4n) is 2.37. The zero-order valence-electron chi connectivity index (χ0n) is 11.4. The van der Waals surface area contributed by atoms with Gasteiger partial charge in [-0.2, -0.15) is 0 Å². The highest BCUT2D eigenvalue weighted by Gasteiger charge is 2.12. The molecular weight excluding hydrogens is 226 g/mol. The number of imidazole rings is 1. The van der Waals surface area contributed by atoms with Crippen LogP contribution in [0.5, 0.6) is 0 Å². The lowest BCUT2D eigenvalue weighted by Crippen LogP contribution is -2.26. The number of carbonyl (C=O) groups excluding carboxylic acids is 1. The number of aryl methyl sites for hydroxylation is 2. The summed E-state index contributed by atoms with van der Waals surface area (Å²) in [4.78, 5) is 16.1. The summed E-state index contributed by atoms with van der Waals surface area (Å²) in [7, 11) is 0. The third kappa shape index (κ3) is 3.59. The van der Waals surface area contributed by atoms with Crippen molar-refractivity contribution in [2.45, 2.75) is 52.5 Å². The summed E-state index contributed by atoms with van der Waals surface area (Å²) in [6.45, 7) is 5.91. The van der Waals surface area contributed by atoms with Crippen LogP contribution in [0.4, 0.5) is 0 Å². The Bertz CT molecular complexity index is 386. The molecule has 0 spiro atoms. The Kier molecular flexibility index (Phi) is 4.39. The molecule has 1 aliphatic heterocycles.